The molecule has 3 saturated heterocycles. The van der Waals surface area contributed by atoms with Gasteiger partial charge in [0.2, 0.25) is 0 Å². The van der Waals surface area contributed by atoms with Gasteiger partial charge in [-0.1, -0.05) is 115 Å². The Balaban J connectivity index is 1.15. The van der Waals surface area contributed by atoms with Crippen molar-refractivity contribution in [1.82, 2.24) is 14.7 Å². The zero-order valence-corrected chi connectivity index (χ0v) is 35.9. The van der Waals surface area contributed by atoms with Gasteiger partial charge in [0.25, 0.3) is 0 Å². The molecule has 4 saturated carbocycles. The topological polar surface area (TPSA) is 19.0 Å². The molecule has 302 valence electrons. The molecule has 4 aliphatic heterocycles. The molecule has 9 unspecified atom stereocenters. The van der Waals surface area contributed by atoms with Crippen molar-refractivity contribution >= 4 is 6.71 Å². The third kappa shape index (κ3) is 5.38. The van der Waals surface area contributed by atoms with E-state index in [1.54, 1.807) is 11.4 Å². The second-order valence-electron chi connectivity index (χ2n) is 22.6. The molecule has 1 aromatic rings. The van der Waals surface area contributed by atoms with Gasteiger partial charge in [-0.3, -0.25) is 4.90 Å². The zero-order chi connectivity index (χ0) is 38.0. The molecule has 10 aliphatic rings. The van der Waals surface area contributed by atoms with Crippen molar-refractivity contribution < 1.29 is 4.74 Å². The SMILES string of the molecule is CC(C)(C)C1CC2B3C4C(=CC(N(C5CCCCC5)C5CCCCC5)=CC4N(C4C=CCCC4)C4Oc5ccccc5C34)N3C2C(C1)C1(CCCCC1)C3(C)C. The number of hydrogen-bond donors (Lipinski definition) is 0. The number of fused-ring (bicyclic) bond motifs is 7. The van der Waals surface area contributed by atoms with Gasteiger partial charge >= 0.3 is 0 Å². The first-order valence-corrected chi connectivity index (χ1v) is 24.4. The predicted molar refractivity (Wildman–Crippen MR) is 232 cm³/mol. The Kier molecular flexibility index (Phi) is 9.03. The molecule has 0 amide bonds. The number of benzene rings is 1. The van der Waals surface area contributed by atoms with Crippen LogP contribution >= 0.6 is 0 Å². The molecule has 6 aliphatic carbocycles. The van der Waals surface area contributed by atoms with Crippen LogP contribution in [0.25, 0.3) is 0 Å². The van der Waals surface area contributed by atoms with Crippen LogP contribution in [-0.4, -0.2) is 63.4 Å². The van der Waals surface area contributed by atoms with E-state index in [0.717, 1.165) is 11.8 Å². The van der Waals surface area contributed by atoms with E-state index in [1.165, 1.54) is 140 Å². The molecule has 0 aromatic heterocycles. The van der Waals surface area contributed by atoms with E-state index in [1.807, 2.05) is 0 Å². The fraction of sp³-hybridized carbons (Fsp3) is 0.765. The van der Waals surface area contributed by atoms with Crippen LogP contribution in [0.1, 0.15) is 174 Å². The summed E-state index contributed by atoms with van der Waals surface area (Å²) in [5.74, 6) is 4.35. The van der Waals surface area contributed by atoms with Gasteiger partial charge < -0.3 is 14.5 Å². The highest BCUT2D eigenvalue weighted by molar-refractivity contribution is 6.66. The van der Waals surface area contributed by atoms with E-state index in [9.17, 15) is 0 Å². The maximum absolute atomic E-state index is 7.46. The minimum Gasteiger partial charge on any atom is -0.475 e. The molecule has 0 radical (unpaired) electrons. The van der Waals surface area contributed by atoms with Gasteiger partial charge in [-0.25, -0.2) is 0 Å². The van der Waals surface area contributed by atoms with Crippen LogP contribution in [0.15, 0.2) is 60.0 Å². The largest absolute Gasteiger partial charge is 0.475 e. The van der Waals surface area contributed by atoms with E-state index in [4.69, 9.17) is 4.74 Å². The van der Waals surface area contributed by atoms with Crippen molar-refractivity contribution in [2.45, 2.75) is 222 Å². The molecule has 5 heteroatoms. The zero-order valence-electron chi connectivity index (χ0n) is 35.9. The summed E-state index contributed by atoms with van der Waals surface area (Å²) in [4.78, 5) is 9.39. The van der Waals surface area contributed by atoms with E-state index < -0.39 is 0 Å². The van der Waals surface area contributed by atoms with Crippen LogP contribution in [0.3, 0.4) is 0 Å². The molecule has 9 atom stereocenters. The van der Waals surface area contributed by atoms with Gasteiger partial charge in [-0.2, -0.15) is 0 Å². The van der Waals surface area contributed by atoms with E-state index >= 15 is 0 Å². The van der Waals surface area contributed by atoms with Gasteiger partial charge in [0.05, 0.1) is 0 Å². The summed E-state index contributed by atoms with van der Waals surface area (Å²) in [6, 6.07) is 12.2. The van der Waals surface area contributed by atoms with Crippen molar-refractivity contribution in [3.63, 3.8) is 0 Å². The second-order valence-corrected chi connectivity index (χ2v) is 22.6. The summed E-state index contributed by atoms with van der Waals surface area (Å²) in [6.07, 6.45) is 38.8. The highest BCUT2D eigenvalue weighted by Gasteiger charge is 2.74. The monoisotopic (exact) mass is 756 g/mol. The van der Waals surface area contributed by atoms with Crippen molar-refractivity contribution in [3.05, 3.63) is 65.5 Å². The van der Waals surface area contributed by atoms with Crippen LogP contribution in [-0.2, 0) is 0 Å². The number of para-hydroxylation sites is 1. The van der Waals surface area contributed by atoms with Gasteiger partial charge in [-0.15, -0.1) is 0 Å². The van der Waals surface area contributed by atoms with Crippen LogP contribution in [0, 0.1) is 22.7 Å². The quantitative estimate of drug-likeness (QED) is 0.225. The Morgan fingerprint density at radius 1 is 0.804 bits per heavy atom. The third-order valence-electron chi connectivity index (χ3n) is 19.0. The van der Waals surface area contributed by atoms with Crippen LogP contribution in [0.2, 0.25) is 11.6 Å². The fourth-order valence-corrected chi connectivity index (χ4v) is 16.6. The third-order valence-corrected chi connectivity index (χ3v) is 19.0. The Morgan fingerprint density at radius 3 is 2.18 bits per heavy atom. The first-order chi connectivity index (χ1) is 27.2. The Hall–Kier alpha value is -2.14. The number of hydrogen-bond acceptors (Lipinski definition) is 4. The summed E-state index contributed by atoms with van der Waals surface area (Å²) < 4.78 is 7.46. The molecular weight excluding hydrogens is 681 g/mol. The molecular formula is C51H74BN3O. The lowest BCUT2D eigenvalue weighted by molar-refractivity contribution is -0.0287. The number of nitrogens with zero attached hydrogens (tertiary/aromatic N) is 3. The smallest absolute Gasteiger partial charge is 0.172 e. The highest BCUT2D eigenvalue weighted by atomic mass is 16.5. The summed E-state index contributed by atoms with van der Waals surface area (Å²) in [5.41, 5.74) is 5.79. The lowest BCUT2D eigenvalue weighted by Crippen LogP contribution is -2.70. The Bertz CT molecular complexity index is 1720. The molecule has 0 N–H and O–H groups in total. The Morgan fingerprint density at radius 2 is 1.50 bits per heavy atom. The minimum atomic E-state index is 0.110. The first kappa shape index (κ1) is 36.9. The van der Waals surface area contributed by atoms with Crippen LogP contribution in [0.4, 0.5) is 0 Å². The molecule has 4 heterocycles. The average molecular weight is 756 g/mol. The molecule has 7 fully saturated rings. The average Bonchev–Trinajstić information content (AvgIpc) is 3.68. The summed E-state index contributed by atoms with van der Waals surface area (Å²) in [6.45, 7) is 13.9. The van der Waals surface area contributed by atoms with Crippen molar-refractivity contribution in [3.8, 4) is 5.75 Å². The lowest BCUT2D eigenvalue weighted by Gasteiger charge is -2.64. The minimum absolute atomic E-state index is 0.110. The molecule has 56 heavy (non-hydrogen) atoms. The van der Waals surface area contributed by atoms with Gasteiger partial charge in [0.15, 0.2) is 12.9 Å². The predicted octanol–water partition coefficient (Wildman–Crippen LogP) is 12.3. The molecule has 11 rings (SSSR count). The number of allylic oxidation sites excluding steroid dienone is 2. The summed E-state index contributed by atoms with van der Waals surface area (Å²) in [7, 11) is 0. The molecule has 0 bridgehead atoms. The number of rotatable bonds is 4. The molecule has 4 nitrogen and oxygen atoms in total. The van der Waals surface area contributed by atoms with E-state index in [-0.39, 0.29) is 11.8 Å². The molecule has 1 spiro atoms. The first-order valence-electron chi connectivity index (χ1n) is 24.4. The maximum atomic E-state index is 7.46. The second kappa shape index (κ2) is 13.7. The van der Waals surface area contributed by atoms with Crippen molar-refractivity contribution in [2.75, 3.05) is 0 Å². The van der Waals surface area contributed by atoms with E-state index in [0.29, 0.717) is 65.2 Å². The maximum Gasteiger partial charge on any atom is 0.172 e. The number of ether oxygens (including phenoxy) is 1. The van der Waals surface area contributed by atoms with Crippen LogP contribution in [0.5, 0.6) is 5.75 Å². The summed E-state index contributed by atoms with van der Waals surface area (Å²) >= 11 is 0. The fourth-order valence-electron chi connectivity index (χ4n) is 16.6. The highest BCUT2D eigenvalue weighted by Crippen LogP contribution is 2.73. The van der Waals surface area contributed by atoms with Crippen molar-refractivity contribution in [1.29, 1.82) is 0 Å². The van der Waals surface area contributed by atoms with Gasteiger partial charge in [0.1, 0.15) is 5.75 Å². The Labute approximate surface area is 341 Å². The van der Waals surface area contributed by atoms with Gasteiger partial charge in [-0.05, 0) is 136 Å². The standard InChI is InChI=1S/C51H74BN3O/c1-49(2,3)34-30-40-47-41(31-34)52-45-39-26-16-17-27-44(39)56-48(45)54(37-24-14-8-15-25-37)42-32-38(53(35-20-10-6-11-21-35)36-22-12-7-13-23-36)33-43(46(42)52)55(47)50(4,5)51(40)28-18-9-19-29-51/h14,16-17,24,26-27,32-37,40-42,45-48H,6-13,15,18-23,25,28-31H2,1-5H3. The van der Waals surface area contributed by atoms with Crippen molar-refractivity contribution in [2.24, 2.45) is 22.7 Å². The lowest BCUT2D eigenvalue weighted by atomic mass is 9.20. The van der Waals surface area contributed by atoms with Gasteiger partial charge in [0, 0.05) is 53.0 Å². The van der Waals surface area contributed by atoms with Crippen LogP contribution < -0.4 is 4.74 Å². The van der Waals surface area contributed by atoms with E-state index in [2.05, 4.69) is 97.9 Å². The molecule has 1 aromatic carbocycles. The summed E-state index contributed by atoms with van der Waals surface area (Å²) in [5, 5.41) is 0. The normalized spacial score (nSPS) is 38.9.